The second kappa shape index (κ2) is 18.9. The van der Waals surface area contributed by atoms with Crippen molar-refractivity contribution in [1.29, 1.82) is 0 Å². The fourth-order valence-corrected chi connectivity index (χ4v) is 1.29. The third kappa shape index (κ3) is 18.0. The summed E-state index contributed by atoms with van der Waals surface area (Å²) < 4.78 is 28.0. The molecule has 10 nitrogen and oxygen atoms in total. The summed E-state index contributed by atoms with van der Waals surface area (Å²) in [5, 5.41) is 0. The van der Waals surface area contributed by atoms with Crippen molar-refractivity contribution in [2.45, 2.75) is 13.8 Å². The smallest absolute Gasteiger partial charge is 0.449 e. The van der Waals surface area contributed by atoms with Gasteiger partial charge in [0, 0.05) is 11.1 Å². The molecule has 0 unspecified atom stereocenters. The van der Waals surface area contributed by atoms with Crippen LogP contribution in [-0.4, -0.2) is 63.9 Å². The summed E-state index contributed by atoms with van der Waals surface area (Å²) >= 11 is 0. The summed E-state index contributed by atoms with van der Waals surface area (Å²) in [6, 6.07) is 0. The fourth-order valence-electron chi connectivity index (χ4n) is 1.29. The molecule has 0 atom stereocenters. The molecule has 0 bridgehead atoms. The summed E-state index contributed by atoms with van der Waals surface area (Å²) in [5.41, 5.74) is 0.520. The van der Waals surface area contributed by atoms with Crippen molar-refractivity contribution in [3.8, 4) is 47.4 Å². The van der Waals surface area contributed by atoms with Gasteiger partial charge in [-0.3, -0.25) is 0 Å². The fraction of sp³-hybridized carbons (Fsp3) is 0.333. The highest BCUT2D eigenvalue weighted by Crippen LogP contribution is 1.91. The summed E-state index contributed by atoms with van der Waals surface area (Å²) in [4.78, 5) is 44.8. The van der Waals surface area contributed by atoms with Crippen molar-refractivity contribution in [3.63, 3.8) is 0 Å². The molecule has 0 aliphatic rings. The van der Waals surface area contributed by atoms with Crippen molar-refractivity contribution < 1.29 is 47.6 Å². The van der Waals surface area contributed by atoms with Gasteiger partial charge in [-0.25, -0.2) is 19.2 Å². The predicted octanol–water partition coefficient (Wildman–Crippen LogP) is 1.54. The maximum atomic E-state index is 11.3. The van der Waals surface area contributed by atoms with E-state index in [9.17, 15) is 19.2 Å². The van der Waals surface area contributed by atoms with E-state index in [1.54, 1.807) is 0 Å². The average molecular weight is 470 g/mol. The minimum absolute atomic E-state index is 0.138. The average Bonchev–Trinajstić information content (AvgIpc) is 2.79. The van der Waals surface area contributed by atoms with Crippen LogP contribution in [0.2, 0.25) is 0 Å². The quantitative estimate of drug-likeness (QED) is 0.161. The SMILES string of the molecule is C=C(C)C(=O)OCC#CC#CCOC(=O)OCCOC(=O)OCC#CC#CCOC(=O)C(=C)C. The third-order valence-electron chi connectivity index (χ3n) is 2.77. The first-order valence-electron chi connectivity index (χ1n) is 9.39. The molecule has 0 fully saturated rings. The highest BCUT2D eigenvalue weighted by molar-refractivity contribution is 5.87. The van der Waals surface area contributed by atoms with Crippen LogP contribution in [0, 0.1) is 47.4 Å². The molecule has 0 amide bonds. The van der Waals surface area contributed by atoms with Crippen LogP contribution < -0.4 is 0 Å². The second-order valence-corrected chi connectivity index (χ2v) is 5.69. The largest absolute Gasteiger partial charge is 0.509 e. The van der Waals surface area contributed by atoms with Gasteiger partial charge in [0.2, 0.25) is 0 Å². The van der Waals surface area contributed by atoms with E-state index in [1.807, 2.05) is 0 Å². The van der Waals surface area contributed by atoms with Crippen LogP contribution in [0.5, 0.6) is 0 Å². The first-order valence-corrected chi connectivity index (χ1v) is 9.39. The van der Waals surface area contributed by atoms with Crippen LogP contribution in [0.3, 0.4) is 0 Å². The van der Waals surface area contributed by atoms with E-state index in [0.29, 0.717) is 0 Å². The summed E-state index contributed by atoms with van der Waals surface area (Å²) in [7, 11) is 0. The number of hydrogen-bond acceptors (Lipinski definition) is 10. The molecule has 0 radical (unpaired) electrons. The Kier molecular flexibility index (Phi) is 16.3. The zero-order chi connectivity index (χ0) is 25.6. The van der Waals surface area contributed by atoms with Crippen molar-refractivity contribution in [3.05, 3.63) is 24.3 Å². The molecule has 178 valence electrons. The van der Waals surface area contributed by atoms with E-state index < -0.39 is 24.2 Å². The lowest BCUT2D eigenvalue weighted by molar-refractivity contribution is -0.138. The van der Waals surface area contributed by atoms with E-state index in [2.05, 4.69) is 79.5 Å². The Bertz CT molecular complexity index is 939. The molecule has 0 saturated heterocycles. The lowest BCUT2D eigenvalue weighted by Gasteiger charge is -2.05. The lowest BCUT2D eigenvalue weighted by atomic mass is 10.4. The topological polar surface area (TPSA) is 124 Å². The van der Waals surface area contributed by atoms with Gasteiger partial charge in [0.15, 0.2) is 26.4 Å². The first kappa shape index (κ1) is 29.2. The van der Waals surface area contributed by atoms with Gasteiger partial charge in [-0.2, -0.15) is 0 Å². The van der Waals surface area contributed by atoms with Gasteiger partial charge < -0.3 is 28.4 Å². The van der Waals surface area contributed by atoms with Crippen LogP contribution in [0.4, 0.5) is 9.59 Å². The first-order chi connectivity index (χ1) is 16.2. The maximum absolute atomic E-state index is 11.3. The van der Waals surface area contributed by atoms with Gasteiger partial charge in [-0.1, -0.05) is 13.2 Å². The molecule has 0 spiro atoms. The molecule has 0 aromatic carbocycles. The Morgan fingerprint density at radius 1 is 0.529 bits per heavy atom. The normalized spacial score (nSPS) is 8.18. The Morgan fingerprint density at radius 2 is 0.824 bits per heavy atom. The molecule has 34 heavy (non-hydrogen) atoms. The summed E-state index contributed by atoms with van der Waals surface area (Å²) in [6.45, 7) is 8.48. The lowest BCUT2D eigenvalue weighted by Crippen LogP contribution is -2.15. The van der Waals surface area contributed by atoms with Crippen LogP contribution >= 0.6 is 0 Å². The Labute approximate surface area is 197 Å². The molecule has 0 aromatic rings. The molecular weight excluding hydrogens is 448 g/mol. The highest BCUT2D eigenvalue weighted by Gasteiger charge is 2.05. The van der Waals surface area contributed by atoms with Crippen LogP contribution in [-0.2, 0) is 38.0 Å². The number of ether oxygens (including phenoxy) is 6. The van der Waals surface area contributed by atoms with Gasteiger partial charge in [0.25, 0.3) is 0 Å². The van der Waals surface area contributed by atoms with E-state index in [0.717, 1.165) is 0 Å². The summed E-state index contributed by atoms with van der Waals surface area (Å²) in [6.07, 6.45) is -2.04. The van der Waals surface area contributed by atoms with Gasteiger partial charge in [0.05, 0.1) is 0 Å². The van der Waals surface area contributed by atoms with E-state index >= 15 is 0 Å². The Hall–Kier alpha value is -4.80. The van der Waals surface area contributed by atoms with Crippen molar-refractivity contribution in [2.75, 3.05) is 39.6 Å². The van der Waals surface area contributed by atoms with Crippen molar-refractivity contribution >= 4 is 24.2 Å². The predicted molar refractivity (Wildman–Crippen MR) is 117 cm³/mol. The third-order valence-corrected chi connectivity index (χ3v) is 2.77. The van der Waals surface area contributed by atoms with Crippen LogP contribution in [0.1, 0.15) is 13.8 Å². The molecule has 0 aliphatic carbocycles. The van der Waals surface area contributed by atoms with Crippen LogP contribution in [0.25, 0.3) is 0 Å². The molecule has 0 heterocycles. The number of carbonyl (C=O) groups excluding carboxylic acids is 4. The van der Waals surface area contributed by atoms with Gasteiger partial charge in [0.1, 0.15) is 13.2 Å². The van der Waals surface area contributed by atoms with E-state index in [-0.39, 0.29) is 50.8 Å². The Morgan fingerprint density at radius 3 is 1.12 bits per heavy atom. The van der Waals surface area contributed by atoms with Gasteiger partial charge in [-0.05, 0) is 61.2 Å². The van der Waals surface area contributed by atoms with Crippen molar-refractivity contribution in [2.24, 2.45) is 0 Å². The molecule has 0 aromatic heterocycles. The highest BCUT2D eigenvalue weighted by atomic mass is 16.7. The standard InChI is InChI=1S/C24H22O10/c1-19(2)21(25)29-13-9-5-7-11-15-31-23(27)33-17-18-34-24(28)32-16-12-8-6-10-14-30-22(26)20(3)4/h1,3,13-18H2,2,4H3. The van der Waals surface area contributed by atoms with Gasteiger partial charge >= 0.3 is 24.2 Å². The van der Waals surface area contributed by atoms with Crippen molar-refractivity contribution in [1.82, 2.24) is 0 Å². The van der Waals surface area contributed by atoms with Gasteiger partial charge in [-0.15, -0.1) is 0 Å². The molecular formula is C24H22O10. The minimum Gasteiger partial charge on any atom is -0.449 e. The number of carbonyl (C=O) groups is 4. The molecule has 0 saturated carbocycles. The molecule has 0 N–H and O–H groups in total. The second-order valence-electron chi connectivity index (χ2n) is 5.69. The molecule has 0 aliphatic heterocycles. The monoisotopic (exact) mass is 470 g/mol. The molecule has 10 heteroatoms. The van der Waals surface area contributed by atoms with E-state index in [1.165, 1.54) is 13.8 Å². The number of esters is 2. The summed E-state index contributed by atoms with van der Waals surface area (Å²) in [5.74, 6) is 18.3. The minimum atomic E-state index is -1.02. The molecule has 0 rings (SSSR count). The van der Waals surface area contributed by atoms with E-state index in [4.69, 9.17) is 9.47 Å². The van der Waals surface area contributed by atoms with Crippen LogP contribution in [0.15, 0.2) is 24.3 Å². The maximum Gasteiger partial charge on any atom is 0.509 e. The Balaban J connectivity index is 3.82. The zero-order valence-corrected chi connectivity index (χ0v) is 18.7. The zero-order valence-electron chi connectivity index (χ0n) is 18.7. The number of rotatable bonds is 9. The number of hydrogen-bond donors (Lipinski definition) is 0.